The maximum absolute atomic E-state index is 12.2. The van der Waals surface area contributed by atoms with Crippen LogP contribution in [-0.2, 0) is 10.0 Å². The van der Waals surface area contributed by atoms with Crippen LogP contribution in [0.25, 0.3) is 0 Å². The third-order valence-electron chi connectivity index (χ3n) is 3.39. The van der Waals surface area contributed by atoms with Crippen LogP contribution >= 0.6 is 0 Å². The molecule has 0 radical (unpaired) electrons. The van der Waals surface area contributed by atoms with Gasteiger partial charge >= 0.3 is 0 Å². The minimum Gasteiger partial charge on any atom is -0.391 e. The number of hydrogen-bond acceptors (Lipinski definition) is 4. The quantitative estimate of drug-likeness (QED) is 0.833. The molecule has 0 fully saturated rings. The summed E-state index contributed by atoms with van der Waals surface area (Å²) in [4.78, 5) is 0.0768. The highest BCUT2D eigenvalue weighted by molar-refractivity contribution is 7.89. The van der Waals surface area contributed by atoms with Gasteiger partial charge in [0.2, 0.25) is 10.0 Å². The van der Waals surface area contributed by atoms with Gasteiger partial charge in [-0.25, -0.2) is 13.1 Å². The van der Waals surface area contributed by atoms with Gasteiger partial charge in [0.05, 0.1) is 22.6 Å². The van der Waals surface area contributed by atoms with Gasteiger partial charge < -0.3 is 5.11 Å². The van der Waals surface area contributed by atoms with E-state index < -0.39 is 16.1 Å². The van der Waals surface area contributed by atoms with Crippen LogP contribution in [0.5, 0.6) is 0 Å². The first-order valence-electron chi connectivity index (χ1n) is 6.50. The van der Waals surface area contributed by atoms with Gasteiger partial charge in [0.15, 0.2) is 0 Å². The first kappa shape index (κ1) is 16.6. The maximum Gasteiger partial charge on any atom is 0.240 e. The van der Waals surface area contributed by atoms with Gasteiger partial charge in [-0.3, -0.25) is 0 Å². The topological polar surface area (TPSA) is 90.2 Å². The van der Waals surface area contributed by atoms with Crippen LogP contribution in [0.1, 0.15) is 31.4 Å². The highest BCUT2D eigenvalue weighted by Crippen LogP contribution is 2.17. The zero-order chi connectivity index (χ0) is 15.3. The molecule has 2 unspecified atom stereocenters. The molecule has 20 heavy (non-hydrogen) atoms. The zero-order valence-corrected chi connectivity index (χ0v) is 12.7. The fraction of sp³-hybridized carbons (Fsp3) is 0.500. The molecule has 1 aromatic rings. The molecule has 1 aromatic carbocycles. The van der Waals surface area contributed by atoms with Crippen molar-refractivity contribution in [3.8, 4) is 6.07 Å². The molecule has 0 bridgehead atoms. The molecule has 0 spiro atoms. The summed E-state index contributed by atoms with van der Waals surface area (Å²) in [6.45, 7) is 5.43. The number of aryl methyl sites for hydroxylation is 1. The molecule has 0 saturated carbocycles. The number of nitrogens with zero attached hydrogens (tertiary/aromatic N) is 1. The summed E-state index contributed by atoms with van der Waals surface area (Å²) >= 11 is 0. The lowest BCUT2D eigenvalue weighted by Gasteiger charge is -2.18. The molecular formula is C14H20N2O3S. The van der Waals surface area contributed by atoms with E-state index in [2.05, 4.69) is 4.72 Å². The normalized spacial score (nSPS) is 14.6. The fourth-order valence-electron chi connectivity index (χ4n) is 1.71. The SMILES string of the molecule is CCC(C)C(O)CNS(=O)(=O)c1cc(C#N)ccc1C. The van der Waals surface area contributed by atoms with Gasteiger partial charge in [-0.1, -0.05) is 26.3 Å². The second kappa shape index (κ2) is 6.84. The Labute approximate surface area is 120 Å². The van der Waals surface area contributed by atoms with Crippen molar-refractivity contribution < 1.29 is 13.5 Å². The molecule has 2 atom stereocenters. The van der Waals surface area contributed by atoms with E-state index in [1.54, 1.807) is 19.1 Å². The molecule has 0 amide bonds. The van der Waals surface area contributed by atoms with Gasteiger partial charge in [0.1, 0.15) is 0 Å². The average molecular weight is 296 g/mol. The van der Waals surface area contributed by atoms with E-state index in [4.69, 9.17) is 5.26 Å². The van der Waals surface area contributed by atoms with Crippen LogP contribution in [0.3, 0.4) is 0 Å². The van der Waals surface area contributed by atoms with Crippen molar-refractivity contribution in [3.05, 3.63) is 29.3 Å². The molecule has 2 N–H and O–H groups in total. The summed E-state index contributed by atoms with van der Waals surface area (Å²) in [5.74, 6) is 0.0178. The molecule has 110 valence electrons. The van der Waals surface area contributed by atoms with Crippen molar-refractivity contribution in [1.29, 1.82) is 5.26 Å². The lowest BCUT2D eigenvalue weighted by atomic mass is 10.0. The van der Waals surface area contributed by atoms with Crippen molar-refractivity contribution >= 4 is 10.0 Å². The number of nitriles is 1. The monoisotopic (exact) mass is 296 g/mol. The zero-order valence-electron chi connectivity index (χ0n) is 11.9. The van der Waals surface area contributed by atoms with E-state index in [1.807, 2.05) is 19.9 Å². The number of aliphatic hydroxyl groups excluding tert-OH is 1. The van der Waals surface area contributed by atoms with Gasteiger partial charge in [0.25, 0.3) is 0 Å². The van der Waals surface area contributed by atoms with Crippen LogP contribution in [0.4, 0.5) is 0 Å². The van der Waals surface area contributed by atoms with Crippen LogP contribution in [0.2, 0.25) is 0 Å². The average Bonchev–Trinajstić information content (AvgIpc) is 2.44. The number of sulfonamides is 1. The van der Waals surface area contributed by atoms with Gasteiger partial charge in [-0.2, -0.15) is 5.26 Å². The van der Waals surface area contributed by atoms with Crippen LogP contribution in [-0.4, -0.2) is 26.2 Å². The molecule has 0 aliphatic carbocycles. The molecule has 5 nitrogen and oxygen atoms in total. The highest BCUT2D eigenvalue weighted by Gasteiger charge is 2.20. The van der Waals surface area contributed by atoms with Crippen molar-refractivity contribution in [2.75, 3.05) is 6.54 Å². The predicted molar refractivity (Wildman–Crippen MR) is 76.5 cm³/mol. The molecule has 0 aliphatic rings. The largest absolute Gasteiger partial charge is 0.391 e. The molecule has 0 heterocycles. The Balaban J connectivity index is 2.92. The maximum atomic E-state index is 12.2. The van der Waals surface area contributed by atoms with E-state index >= 15 is 0 Å². The summed E-state index contributed by atoms with van der Waals surface area (Å²) < 4.78 is 26.8. The molecule has 0 aliphatic heterocycles. The van der Waals surface area contributed by atoms with Gasteiger partial charge in [-0.05, 0) is 30.5 Å². The summed E-state index contributed by atoms with van der Waals surface area (Å²) in [6, 6.07) is 6.43. The van der Waals surface area contributed by atoms with Crippen molar-refractivity contribution in [2.45, 2.75) is 38.2 Å². The third kappa shape index (κ3) is 4.04. The van der Waals surface area contributed by atoms with Crippen LogP contribution < -0.4 is 4.72 Å². The number of nitrogens with one attached hydrogen (secondary N) is 1. The summed E-state index contributed by atoms with van der Waals surface area (Å²) in [5.41, 5.74) is 0.855. The Kier molecular flexibility index (Phi) is 5.69. The molecule has 0 aromatic heterocycles. The van der Waals surface area contributed by atoms with Crippen molar-refractivity contribution in [2.24, 2.45) is 5.92 Å². The van der Waals surface area contributed by atoms with Crippen LogP contribution in [0, 0.1) is 24.2 Å². The van der Waals surface area contributed by atoms with E-state index in [0.717, 1.165) is 6.42 Å². The summed E-state index contributed by atoms with van der Waals surface area (Å²) in [7, 11) is -3.72. The number of benzene rings is 1. The minimum atomic E-state index is -3.72. The first-order chi connectivity index (χ1) is 9.31. The second-order valence-corrected chi connectivity index (χ2v) is 6.63. The van der Waals surface area contributed by atoms with E-state index in [0.29, 0.717) is 11.1 Å². The third-order valence-corrected chi connectivity index (χ3v) is 4.96. The fourth-order valence-corrected chi connectivity index (χ4v) is 3.02. The molecule has 0 saturated heterocycles. The second-order valence-electron chi connectivity index (χ2n) is 4.90. The lowest BCUT2D eigenvalue weighted by molar-refractivity contribution is 0.118. The Morgan fingerprint density at radius 1 is 1.45 bits per heavy atom. The number of aliphatic hydroxyl groups is 1. The predicted octanol–water partition coefficient (Wildman–Crippen LogP) is 1.55. The smallest absolute Gasteiger partial charge is 0.240 e. The van der Waals surface area contributed by atoms with Crippen molar-refractivity contribution in [3.63, 3.8) is 0 Å². The standard InChI is InChI=1S/C14H20N2O3S/c1-4-10(2)13(17)9-16-20(18,19)14-7-12(8-15)6-5-11(14)3/h5-7,10,13,16-17H,4,9H2,1-3H3. The Hall–Kier alpha value is -1.42. The number of rotatable bonds is 6. The van der Waals surface area contributed by atoms with E-state index in [-0.39, 0.29) is 17.4 Å². The summed E-state index contributed by atoms with van der Waals surface area (Å²) in [6.07, 6.45) is 0.0421. The first-order valence-corrected chi connectivity index (χ1v) is 7.98. The Morgan fingerprint density at radius 2 is 2.10 bits per heavy atom. The minimum absolute atomic E-state index is 0.0178. The van der Waals surface area contributed by atoms with Crippen molar-refractivity contribution in [1.82, 2.24) is 4.72 Å². The van der Waals surface area contributed by atoms with Crippen LogP contribution in [0.15, 0.2) is 23.1 Å². The van der Waals surface area contributed by atoms with E-state index in [1.165, 1.54) is 6.07 Å². The summed E-state index contributed by atoms with van der Waals surface area (Å²) in [5, 5.41) is 18.7. The van der Waals surface area contributed by atoms with Gasteiger partial charge in [0, 0.05) is 6.54 Å². The Morgan fingerprint density at radius 3 is 2.65 bits per heavy atom. The number of hydrogen-bond donors (Lipinski definition) is 2. The molecule has 6 heteroatoms. The van der Waals surface area contributed by atoms with E-state index in [9.17, 15) is 13.5 Å². The highest BCUT2D eigenvalue weighted by atomic mass is 32.2. The Bertz CT molecular complexity index is 605. The molecular weight excluding hydrogens is 276 g/mol. The lowest BCUT2D eigenvalue weighted by Crippen LogP contribution is -2.35. The van der Waals surface area contributed by atoms with Gasteiger partial charge in [-0.15, -0.1) is 0 Å². The molecule has 1 rings (SSSR count).